The normalized spacial score (nSPS) is 10.1. The number of hydrogen-bond acceptors (Lipinski definition) is 2. The van der Waals surface area contributed by atoms with E-state index < -0.39 is 12.0 Å². The molecule has 1 unspecified atom stereocenters. The Morgan fingerprint density at radius 1 is 1.12 bits per heavy atom. The lowest BCUT2D eigenvalue weighted by atomic mass is 10.2. The molecule has 0 aromatic carbocycles. The molecule has 0 heterocycles. The van der Waals surface area contributed by atoms with Gasteiger partial charge < -0.3 is 14.4 Å². The SMILES string of the molecule is C#CC#CC#CC#CC(C(=O)[O-])[N+](C)(C)C. The van der Waals surface area contributed by atoms with E-state index in [0.29, 0.717) is 0 Å². The van der Waals surface area contributed by atoms with Crippen LogP contribution in [0.5, 0.6) is 0 Å². The number of carboxylic acids is 1. The molecular weight excluding hydrogens is 202 g/mol. The third-order valence-electron chi connectivity index (χ3n) is 1.53. The molecule has 0 spiro atoms. The van der Waals surface area contributed by atoms with E-state index in [9.17, 15) is 9.90 Å². The number of nitrogens with zero attached hydrogens (tertiary/aromatic N) is 1. The summed E-state index contributed by atoms with van der Waals surface area (Å²) in [6.07, 6.45) is 4.87. The lowest BCUT2D eigenvalue weighted by molar-refractivity contribution is -0.881. The molecule has 0 N–H and O–H groups in total. The number of carbonyl (C=O) groups is 1. The Bertz CT molecular complexity index is 484. The molecule has 0 radical (unpaired) electrons. The van der Waals surface area contributed by atoms with Crippen LogP contribution in [0.2, 0.25) is 0 Å². The van der Waals surface area contributed by atoms with Crippen molar-refractivity contribution in [1.29, 1.82) is 0 Å². The Labute approximate surface area is 96.0 Å². The maximum atomic E-state index is 10.8. The first-order valence-electron chi connectivity index (χ1n) is 4.37. The summed E-state index contributed by atoms with van der Waals surface area (Å²) >= 11 is 0. The highest BCUT2D eigenvalue weighted by Gasteiger charge is 2.22. The Hall–Kier alpha value is -2.33. The van der Waals surface area contributed by atoms with Crippen LogP contribution in [0.1, 0.15) is 0 Å². The average Bonchev–Trinajstić information content (AvgIpc) is 2.13. The molecule has 0 amide bonds. The summed E-state index contributed by atoms with van der Waals surface area (Å²) in [6, 6.07) is -0.921. The van der Waals surface area contributed by atoms with Crippen LogP contribution in [0.25, 0.3) is 0 Å². The van der Waals surface area contributed by atoms with E-state index in [1.54, 1.807) is 21.1 Å². The largest absolute Gasteiger partial charge is 0.543 e. The number of quaternary nitrogens is 1. The molecule has 0 fully saturated rings. The summed E-state index contributed by atoms with van der Waals surface area (Å²) in [5, 5.41) is 10.8. The molecule has 0 rings (SSSR count). The van der Waals surface area contributed by atoms with Crippen molar-refractivity contribution in [1.82, 2.24) is 0 Å². The van der Waals surface area contributed by atoms with Crippen molar-refractivity contribution in [3.05, 3.63) is 0 Å². The topological polar surface area (TPSA) is 40.1 Å². The highest BCUT2D eigenvalue weighted by Crippen LogP contribution is 1.99. The molecule has 3 nitrogen and oxygen atoms in total. The van der Waals surface area contributed by atoms with Gasteiger partial charge in [0, 0.05) is 0 Å². The zero-order valence-electron chi connectivity index (χ0n) is 9.42. The van der Waals surface area contributed by atoms with Gasteiger partial charge in [-0.2, -0.15) is 0 Å². The van der Waals surface area contributed by atoms with Crippen LogP contribution < -0.4 is 5.11 Å². The average molecular weight is 213 g/mol. The van der Waals surface area contributed by atoms with Crippen molar-refractivity contribution in [3.63, 3.8) is 0 Å². The summed E-state index contributed by atoms with van der Waals surface area (Å²) in [7, 11) is 5.13. The van der Waals surface area contributed by atoms with Gasteiger partial charge in [-0.05, 0) is 41.4 Å². The third-order valence-corrected chi connectivity index (χ3v) is 1.53. The lowest BCUT2D eigenvalue weighted by Crippen LogP contribution is -2.54. The summed E-state index contributed by atoms with van der Waals surface area (Å²) in [4.78, 5) is 10.8. The summed E-state index contributed by atoms with van der Waals surface area (Å²) < 4.78 is 0.146. The van der Waals surface area contributed by atoms with Crippen LogP contribution in [0.15, 0.2) is 0 Å². The van der Waals surface area contributed by atoms with Gasteiger partial charge in [0.2, 0.25) is 0 Å². The quantitative estimate of drug-likeness (QED) is 0.412. The molecule has 0 aliphatic rings. The van der Waals surface area contributed by atoms with Gasteiger partial charge in [0.1, 0.15) is 5.97 Å². The van der Waals surface area contributed by atoms with Gasteiger partial charge in [-0.25, -0.2) is 0 Å². The molecular formula is C13H11NO2. The van der Waals surface area contributed by atoms with E-state index in [-0.39, 0.29) is 4.48 Å². The smallest absolute Gasteiger partial charge is 0.191 e. The predicted octanol–water partition coefficient (Wildman–Crippen LogP) is -1.55. The number of likely N-dealkylation sites (N-methyl/N-ethyl adjacent to an activating group) is 1. The van der Waals surface area contributed by atoms with E-state index in [1.807, 2.05) is 0 Å². The van der Waals surface area contributed by atoms with Crippen molar-refractivity contribution >= 4 is 5.97 Å². The molecule has 0 bridgehead atoms. The van der Waals surface area contributed by atoms with Crippen molar-refractivity contribution in [2.45, 2.75) is 6.04 Å². The lowest BCUT2D eigenvalue weighted by Gasteiger charge is -2.30. The summed E-state index contributed by atoms with van der Waals surface area (Å²) in [5.41, 5.74) is 0. The van der Waals surface area contributed by atoms with Crippen LogP contribution in [0.4, 0.5) is 0 Å². The molecule has 0 aromatic rings. The molecule has 0 aliphatic carbocycles. The number of carboxylic acid groups (broad SMARTS) is 1. The minimum absolute atomic E-state index is 0.146. The molecule has 3 heteroatoms. The Kier molecular flexibility index (Phi) is 5.31. The van der Waals surface area contributed by atoms with Crippen LogP contribution >= 0.6 is 0 Å². The number of hydrogen-bond donors (Lipinski definition) is 0. The minimum atomic E-state index is -1.23. The Morgan fingerprint density at radius 2 is 1.62 bits per heavy atom. The van der Waals surface area contributed by atoms with Gasteiger partial charge in [0.15, 0.2) is 6.04 Å². The van der Waals surface area contributed by atoms with Crippen molar-refractivity contribution in [2.24, 2.45) is 0 Å². The Balaban J connectivity index is 4.79. The second kappa shape index (κ2) is 6.21. The maximum absolute atomic E-state index is 10.8. The highest BCUT2D eigenvalue weighted by molar-refractivity contribution is 5.74. The van der Waals surface area contributed by atoms with Crippen molar-refractivity contribution < 1.29 is 14.4 Å². The van der Waals surface area contributed by atoms with E-state index in [2.05, 4.69) is 41.4 Å². The fraction of sp³-hybridized carbons (Fsp3) is 0.308. The highest BCUT2D eigenvalue weighted by atomic mass is 16.4. The molecule has 80 valence electrons. The van der Waals surface area contributed by atoms with Crippen LogP contribution in [0, 0.1) is 47.9 Å². The zero-order valence-corrected chi connectivity index (χ0v) is 9.42. The monoisotopic (exact) mass is 213 g/mol. The minimum Gasteiger partial charge on any atom is -0.543 e. The first-order chi connectivity index (χ1) is 7.39. The maximum Gasteiger partial charge on any atom is 0.191 e. The van der Waals surface area contributed by atoms with Gasteiger partial charge >= 0.3 is 0 Å². The van der Waals surface area contributed by atoms with Crippen LogP contribution in [-0.4, -0.2) is 37.6 Å². The van der Waals surface area contributed by atoms with Crippen molar-refractivity contribution in [2.75, 3.05) is 21.1 Å². The fourth-order valence-corrected chi connectivity index (χ4v) is 0.803. The van der Waals surface area contributed by atoms with Crippen LogP contribution in [0.3, 0.4) is 0 Å². The molecule has 0 saturated heterocycles. The van der Waals surface area contributed by atoms with E-state index in [0.717, 1.165) is 0 Å². The molecule has 0 aromatic heterocycles. The van der Waals surface area contributed by atoms with Gasteiger partial charge in [-0.1, -0.05) is 0 Å². The van der Waals surface area contributed by atoms with Gasteiger partial charge in [0.25, 0.3) is 0 Å². The molecule has 1 atom stereocenters. The zero-order chi connectivity index (χ0) is 12.6. The van der Waals surface area contributed by atoms with Gasteiger partial charge in [-0.3, -0.25) is 0 Å². The first-order valence-corrected chi connectivity index (χ1v) is 4.37. The van der Waals surface area contributed by atoms with E-state index in [4.69, 9.17) is 6.42 Å². The standard InChI is InChI=1S/C13H11NO2/c1-5-6-7-8-9-10-11-12(13(15)16)14(2,3)4/h1,12H,2-4H3. The second-order valence-corrected chi connectivity index (χ2v) is 3.75. The molecule has 0 aliphatic heterocycles. The number of rotatable bonds is 2. The first kappa shape index (κ1) is 13.7. The number of aliphatic carboxylic acids is 1. The van der Waals surface area contributed by atoms with Gasteiger partial charge in [0.05, 0.1) is 21.1 Å². The number of terminal acetylenes is 1. The van der Waals surface area contributed by atoms with Gasteiger partial charge in [-0.15, -0.1) is 6.42 Å². The summed E-state index contributed by atoms with van der Waals surface area (Å²) in [6.45, 7) is 0. The van der Waals surface area contributed by atoms with Crippen LogP contribution in [-0.2, 0) is 4.79 Å². The van der Waals surface area contributed by atoms with E-state index >= 15 is 0 Å². The summed E-state index contributed by atoms with van der Waals surface area (Å²) in [5.74, 6) is 15.2. The van der Waals surface area contributed by atoms with Crippen molar-refractivity contribution in [3.8, 4) is 47.9 Å². The predicted molar refractivity (Wildman–Crippen MR) is 59.0 cm³/mol. The second-order valence-electron chi connectivity index (χ2n) is 3.75. The molecule has 0 saturated carbocycles. The number of carbonyl (C=O) groups excluding carboxylic acids is 1. The van der Waals surface area contributed by atoms with E-state index in [1.165, 1.54) is 0 Å². The third kappa shape index (κ3) is 5.41. The Morgan fingerprint density at radius 3 is 2.06 bits per heavy atom. The molecule has 16 heavy (non-hydrogen) atoms. The fourth-order valence-electron chi connectivity index (χ4n) is 0.803.